The van der Waals surface area contributed by atoms with E-state index in [1.165, 1.54) is 0 Å². The fraction of sp³-hybridized carbons (Fsp3) is 0.667. The highest BCUT2D eigenvalue weighted by Gasteiger charge is 2.12. The van der Waals surface area contributed by atoms with Crippen molar-refractivity contribution in [1.29, 1.82) is 0 Å². The van der Waals surface area contributed by atoms with E-state index in [1.807, 2.05) is 13.8 Å². The molecule has 0 aromatic heterocycles. The van der Waals surface area contributed by atoms with Crippen LogP contribution in [0.25, 0.3) is 0 Å². The zero-order valence-corrected chi connectivity index (χ0v) is 10.7. The molecule has 0 aromatic carbocycles. The van der Waals surface area contributed by atoms with Crippen LogP contribution < -0.4 is 16.0 Å². The molecule has 0 bridgehead atoms. The first-order valence-electron chi connectivity index (χ1n) is 5.68. The molecule has 2 amide bonds. The Labute approximate surface area is 103 Å². The molecule has 0 heterocycles. The summed E-state index contributed by atoms with van der Waals surface area (Å²) in [5.41, 5.74) is 0. The third-order valence-electron chi connectivity index (χ3n) is 2.03. The summed E-state index contributed by atoms with van der Waals surface area (Å²) >= 11 is 0. The van der Waals surface area contributed by atoms with Gasteiger partial charge in [0.25, 0.3) is 0 Å². The van der Waals surface area contributed by atoms with E-state index in [0.29, 0.717) is 12.5 Å². The van der Waals surface area contributed by atoms with Gasteiger partial charge in [-0.2, -0.15) is 0 Å². The molecule has 1 unspecified atom stereocenters. The van der Waals surface area contributed by atoms with Crippen LogP contribution >= 0.6 is 0 Å². The highest BCUT2D eigenvalue weighted by Crippen LogP contribution is 1.87. The highest BCUT2D eigenvalue weighted by atomic mass is 16.2. The van der Waals surface area contributed by atoms with Gasteiger partial charge in [0.05, 0.1) is 19.1 Å². The third-order valence-corrected chi connectivity index (χ3v) is 2.03. The molecule has 0 aromatic rings. The third kappa shape index (κ3) is 8.29. The van der Waals surface area contributed by atoms with E-state index in [0.717, 1.165) is 0 Å². The first kappa shape index (κ1) is 15.5. The predicted molar refractivity (Wildman–Crippen MR) is 67.2 cm³/mol. The quantitative estimate of drug-likeness (QED) is 0.524. The SMILES string of the molecule is C#CCNC(=O)C(C)NCC(=O)NCC(C)C. The van der Waals surface area contributed by atoms with Gasteiger partial charge < -0.3 is 10.6 Å². The monoisotopic (exact) mass is 239 g/mol. The van der Waals surface area contributed by atoms with Crippen LogP contribution in [-0.4, -0.2) is 37.5 Å². The molecule has 1 atom stereocenters. The number of carbonyl (C=O) groups excluding carboxylic acids is 2. The Kier molecular flexibility index (Phi) is 7.82. The van der Waals surface area contributed by atoms with Crippen molar-refractivity contribution in [2.45, 2.75) is 26.8 Å². The fourth-order valence-corrected chi connectivity index (χ4v) is 1.01. The van der Waals surface area contributed by atoms with Gasteiger partial charge in [0.15, 0.2) is 0 Å². The molecule has 0 rings (SSSR count). The topological polar surface area (TPSA) is 70.2 Å². The maximum absolute atomic E-state index is 11.4. The maximum atomic E-state index is 11.4. The van der Waals surface area contributed by atoms with Gasteiger partial charge in [-0.3, -0.25) is 14.9 Å². The van der Waals surface area contributed by atoms with Gasteiger partial charge in [0.1, 0.15) is 0 Å². The molecule has 0 fully saturated rings. The highest BCUT2D eigenvalue weighted by molar-refractivity contribution is 5.83. The lowest BCUT2D eigenvalue weighted by atomic mass is 10.2. The zero-order valence-electron chi connectivity index (χ0n) is 10.7. The molecule has 0 saturated heterocycles. The summed E-state index contributed by atoms with van der Waals surface area (Å²) in [6.45, 7) is 6.68. The summed E-state index contributed by atoms with van der Waals surface area (Å²) in [4.78, 5) is 22.7. The Morgan fingerprint density at radius 1 is 1.24 bits per heavy atom. The van der Waals surface area contributed by atoms with Crippen molar-refractivity contribution < 1.29 is 9.59 Å². The summed E-state index contributed by atoms with van der Waals surface area (Å²) < 4.78 is 0. The average molecular weight is 239 g/mol. The van der Waals surface area contributed by atoms with Crippen molar-refractivity contribution >= 4 is 11.8 Å². The van der Waals surface area contributed by atoms with Crippen molar-refractivity contribution in [2.75, 3.05) is 19.6 Å². The van der Waals surface area contributed by atoms with Gasteiger partial charge in [-0.1, -0.05) is 19.8 Å². The Balaban J connectivity index is 3.76. The van der Waals surface area contributed by atoms with E-state index >= 15 is 0 Å². The molecule has 96 valence electrons. The smallest absolute Gasteiger partial charge is 0.237 e. The summed E-state index contributed by atoms with van der Waals surface area (Å²) in [5, 5.41) is 8.11. The van der Waals surface area contributed by atoms with Crippen LogP contribution in [0.1, 0.15) is 20.8 Å². The van der Waals surface area contributed by atoms with E-state index in [9.17, 15) is 9.59 Å². The second-order valence-corrected chi connectivity index (χ2v) is 4.22. The van der Waals surface area contributed by atoms with Gasteiger partial charge in [-0.05, 0) is 12.8 Å². The maximum Gasteiger partial charge on any atom is 0.237 e. The first-order valence-corrected chi connectivity index (χ1v) is 5.68. The molecule has 5 nitrogen and oxygen atoms in total. The fourth-order valence-electron chi connectivity index (χ4n) is 1.01. The number of hydrogen-bond acceptors (Lipinski definition) is 3. The van der Waals surface area contributed by atoms with Crippen molar-refractivity contribution in [3.8, 4) is 12.3 Å². The molecule has 0 aliphatic carbocycles. The Hall–Kier alpha value is -1.54. The molecule has 0 spiro atoms. The van der Waals surface area contributed by atoms with E-state index in [-0.39, 0.29) is 24.9 Å². The van der Waals surface area contributed by atoms with Crippen LogP contribution in [0.15, 0.2) is 0 Å². The predicted octanol–water partition coefficient (Wildman–Crippen LogP) is -0.514. The van der Waals surface area contributed by atoms with Crippen LogP contribution in [-0.2, 0) is 9.59 Å². The number of terminal acetylenes is 1. The molecule has 0 aliphatic heterocycles. The minimum atomic E-state index is -0.437. The molecule has 0 saturated carbocycles. The van der Waals surface area contributed by atoms with Crippen LogP contribution in [0.4, 0.5) is 0 Å². The summed E-state index contributed by atoms with van der Waals surface area (Å²) in [6, 6.07) is -0.437. The molecule has 17 heavy (non-hydrogen) atoms. The van der Waals surface area contributed by atoms with E-state index < -0.39 is 6.04 Å². The molecule has 0 radical (unpaired) electrons. The number of nitrogens with one attached hydrogen (secondary N) is 3. The summed E-state index contributed by atoms with van der Waals surface area (Å²) in [6.07, 6.45) is 5.02. The standard InChI is InChI=1S/C12H21N3O2/c1-5-6-13-12(17)10(4)14-8-11(16)15-7-9(2)3/h1,9-10,14H,6-8H2,2-4H3,(H,13,17)(H,15,16). The molecule has 0 aliphatic rings. The van der Waals surface area contributed by atoms with Crippen molar-refractivity contribution in [2.24, 2.45) is 5.92 Å². The number of hydrogen-bond donors (Lipinski definition) is 3. The molecular formula is C12H21N3O2. The van der Waals surface area contributed by atoms with Crippen LogP contribution in [0.2, 0.25) is 0 Å². The van der Waals surface area contributed by atoms with Gasteiger partial charge in [-0.15, -0.1) is 6.42 Å². The lowest BCUT2D eigenvalue weighted by Crippen LogP contribution is -2.46. The summed E-state index contributed by atoms with van der Waals surface area (Å²) in [7, 11) is 0. The van der Waals surface area contributed by atoms with Crippen LogP contribution in [0.3, 0.4) is 0 Å². The minimum Gasteiger partial charge on any atom is -0.355 e. The van der Waals surface area contributed by atoms with Crippen molar-refractivity contribution in [3.05, 3.63) is 0 Å². The van der Waals surface area contributed by atoms with Crippen LogP contribution in [0.5, 0.6) is 0 Å². The van der Waals surface area contributed by atoms with Gasteiger partial charge in [0.2, 0.25) is 11.8 Å². The number of rotatable bonds is 7. The normalized spacial score (nSPS) is 11.7. The number of amides is 2. The van der Waals surface area contributed by atoms with Gasteiger partial charge in [0, 0.05) is 6.54 Å². The second-order valence-electron chi connectivity index (χ2n) is 4.22. The average Bonchev–Trinajstić information content (AvgIpc) is 2.30. The molecule has 3 N–H and O–H groups in total. The minimum absolute atomic E-state index is 0.115. The van der Waals surface area contributed by atoms with Crippen molar-refractivity contribution in [1.82, 2.24) is 16.0 Å². The zero-order chi connectivity index (χ0) is 13.3. The second kappa shape index (κ2) is 8.59. The van der Waals surface area contributed by atoms with E-state index in [1.54, 1.807) is 6.92 Å². The van der Waals surface area contributed by atoms with Crippen LogP contribution in [0, 0.1) is 18.3 Å². The van der Waals surface area contributed by atoms with E-state index in [4.69, 9.17) is 6.42 Å². The molecular weight excluding hydrogens is 218 g/mol. The lowest BCUT2D eigenvalue weighted by molar-refractivity contribution is -0.123. The largest absolute Gasteiger partial charge is 0.355 e. The van der Waals surface area contributed by atoms with Crippen molar-refractivity contribution in [3.63, 3.8) is 0 Å². The first-order chi connectivity index (χ1) is 7.97. The Morgan fingerprint density at radius 2 is 1.88 bits per heavy atom. The Morgan fingerprint density at radius 3 is 2.41 bits per heavy atom. The number of carbonyl (C=O) groups is 2. The molecule has 5 heteroatoms. The Bertz CT molecular complexity index is 295. The lowest BCUT2D eigenvalue weighted by Gasteiger charge is -2.13. The van der Waals surface area contributed by atoms with Gasteiger partial charge >= 0.3 is 0 Å². The van der Waals surface area contributed by atoms with Gasteiger partial charge in [-0.25, -0.2) is 0 Å². The summed E-state index contributed by atoms with van der Waals surface area (Å²) in [5.74, 6) is 2.40. The van der Waals surface area contributed by atoms with E-state index in [2.05, 4.69) is 21.9 Å².